The van der Waals surface area contributed by atoms with Crippen molar-refractivity contribution in [1.29, 1.82) is 0 Å². The highest BCUT2D eigenvalue weighted by atomic mass is 79.9. The third kappa shape index (κ3) is 3.27. The van der Waals surface area contributed by atoms with Gasteiger partial charge in [0, 0.05) is 6.07 Å². The van der Waals surface area contributed by atoms with Crippen LogP contribution in [0.3, 0.4) is 0 Å². The minimum Gasteiger partial charge on any atom is -0.468 e. The molecule has 0 saturated heterocycles. The van der Waals surface area contributed by atoms with E-state index in [1.807, 2.05) is 0 Å². The van der Waals surface area contributed by atoms with Crippen molar-refractivity contribution in [3.63, 3.8) is 0 Å². The van der Waals surface area contributed by atoms with E-state index in [9.17, 15) is 13.6 Å². The average molecular weight is 279 g/mol. The van der Waals surface area contributed by atoms with E-state index >= 15 is 0 Å². The lowest BCUT2D eigenvalue weighted by atomic mass is 10.1. The van der Waals surface area contributed by atoms with Gasteiger partial charge in [0.05, 0.1) is 7.11 Å². The number of carbonyl (C=O) groups excluding carboxylic acids is 1. The van der Waals surface area contributed by atoms with Crippen molar-refractivity contribution >= 4 is 21.9 Å². The molecule has 82 valence electrons. The molecule has 0 aromatic heterocycles. The summed E-state index contributed by atoms with van der Waals surface area (Å²) in [5.41, 5.74) is 0.267. The van der Waals surface area contributed by atoms with E-state index in [2.05, 4.69) is 20.7 Å². The molecule has 0 aliphatic heterocycles. The molecule has 0 radical (unpaired) electrons. The molecule has 15 heavy (non-hydrogen) atoms. The Labute approximate surface area is 94.4 Å². The smallest absolute Gasteiger partial charge is 0.319 e. The Morgan fingerprint density at radius 2 is 2.20 bits per heavy atom. The predicted molar refractivity (Wildman–Crippen MR) is 54.8 cm³/mol. The van der Waals surface area contributed by atoms with Crippen LogP contribution >= 0.6 is 15.9 Å². The highest BCUT2D eigenvalue weighted by Crippen LogP contribution is 2.15. The lowest BCUT2D eigenvalue weighted by Crippen LogP contribution is -2.18. The van der Waals surface area contributed by atoms with Gasteiger partial charge in [0.1, 0.15) is 16.5 Å². The van der Waals surface area contributed by atoms with Crippen LogP contribution in [0.1, 0.15) is 5.56 Å². The number of halogens is 3. The minimum absolute atomic E-state index is 0.124. The number of ether oxygens (including phenoxy) is 1. The fraction of sp³-hybridized carbons (Fsp3) is 0.300. The van der Waals surface area contributed by atoms with Gasteiger partial charge in [-0.3, -0.25) is 4.79 Å². The lowest BCUT2D eigenvalue weighted by Gasteiger charge is -2.08. The van der Waals surface area contributed by atoms with E-state index in [4.69, 9.17) is 0 Å². The molecule has 1 aromatic carbocycles. The summed E-state index contributed by atoms with van der Waals surface area (Å²) in [5, 5.41) is 0. The molecule has 0 N–H and O–H groups in total. The summed E-state index contributed by atoms with van der Waals surface area (Å²) in [6.07, 6.45) is 0.124. The van der Waals surface area contributed by atoms with Crippen molar-refractivity contribution in [2.75, 3.05) is 7.11 Å². The number of rotatable bonds is 3. The third-order valence-corrected chi connectivity index (χ3v) is 2.57. The number of hydrogen-bond acceptors (Lipinski definition) is 2. The summed E-state index contributed by atoms with van der Waals surface area (Å²) < 4.78 is 30.2. The van der Waals surface area contributed by atoms with Crippen LogP contribution in [-0.4, -0.2) is 17.9 Å². The number of benzene rings is 1. The molecule has 1 aromatic rings. The standard InChI is InChI=1S/C10H9BrF2O2/c1-15-10(14)8(11)4-6-2-3-7(12)5-9(6)13/h2-3,5,8H,4H2,1H3. The quantitative estimate of drug-likeness (QED) is 0.627. The number of carbonyl (C=O) groups is 1. The van der Waals surface area contributed by atoms with Crippen LogP contribution in [0.15, 0.2) is 18.2 Å². The largest absolute Gasteiger partial charge is 0.468 e. The zero-order chi connectivity index (χ0) is 11.4. The molecule has 0 spiro atoms. The third-order valence-electron chi connectivity index (χ3n) is 1.87. The van der Waals surface area contributed by atoms with Gasteiger partial charge in [0.25, 0.3) is 0 Å². The van der Waals surface area contributed by atoms with Gasteiger partial charge in [-0.2, -0.15) is 0 Å². The second kappa shape index (κ2) is 5.21. The minimum atomic E-state index is -0.664. The molecule has 0 fully saturated rings. The van der Waals surface area contributed by atoms with Gasteiger partial charge in [-0.25, -0.2) is 8.78 Å². The molecule has 0 heterocycles. The van der Waals surface area contributed by atoms with Gasteiger partial charge in [-0.1, -0.05) is 22.0 Å². The molecule has 1 unspecified atom stereocenters. The highest BCUT2D eigenvalue weighted by molar-refractivity contribution is 9.10. The Hall–Kier alpha value is -0.970. The number of alkyl halides is 1. The molecule has 2 nitrogen and oxygen atoms in total. The number of hydrogen-bond donors (Lipinski definition) is 0. The van der Waals surface area contributed by atoms with E-state index < -0.39 is 22.4 Å². The van der Waals surface area contributed by atoms with Crippen molar-refractivity contribution in [1.82, 2.24) is 0 Å². The second-order valence-electron chi connectivity index (χ2n) is 2.93. The summed E-state index contributed by atoms with van der Waals surface area (Å²) in [5.74, 6) is -1.79. The molecule has 0 amide bonds. The van der Waals surface area contributed by atoms with Crippen molar-refractivity contribution in [2.24, 2.45) is 0 Å². The van der Waals surface area contributed by atoms with Gasteiger partial charge >= 0.3 is 5.97 Å². The van der Waals surface area contributed by atoms with Gasteiger partial charge < -0.3 is 4.74 Å². The van der Waals surface area contributed by atoms with E-state index in [-0.39, 0.29) is 12.0 Å². The molecule has 0 aliphatic carbocycles. The molecular formula is C10H9BrF2O2. The molecule has 0 aliphatic rings. The summed E-state index contributed by atoms with van der Waals surface area (Å²) in [6, 6.07) is 3.24. The van der Waals surface area contributed by atoms with Crippen LogP contribution < -0.4 is 0 Å². The van der Waals surface area contributed by atoms with Gasteiger partial charge in [0.2, 0.25) is 0 Å². The Morgan fingerprint density at radius 3 is 2.73 bits per heavy atom. The fourth-order valence-electron chi connectivity index (χ4n) is 1.09. The van der Waals surface area contributed by atoms with Crippen LogP contribution in [0.2, 0.25) is 0 Å². The maximum absolute atomic E-state index is 13.2. The maximum atomic E-state index is 13.2. The average Bonchev–Trinajstić information content (AvgIpc) is 2.20. The van der Waals surface area contributed by atoms with E-state index in [1.165, 1.54) is 13.2 Å². The van der Waals surface area contributed by atoms with E-state index in [1.54, 1.807) is 0 Å². The molecule has 5 heteroatoms. The summed E-state index contributed by atoms with van der Waals surface area (Å²) >= 11 is 3.06. The number of methoxy groups -OCH3 is 1. The van der Waals surface area contributed by atoms with Gasteiger partial charge in [0.15, 0.2) is 0 Å². The van der Waals surface area contributed by atoms with Crippen LogP contribution in [0.25, 0.3) is 0 Å². The molecule has 1 rings (SSSR count). The maximum Gasteiger partial charge on any atom is 0.319 e. The van der Waals surface area contributed by atoms with Crippen molar-refractivity contribution < 1.29 is 18.3 Å². The summed E-state index contributed by atoms with van der Waals surface area (Å²) in [4.78, 5) is 10.4. The molecule has 0 bridgehead atoms. The van der Waals surface area contributed by atoms with E-state index in [0.29, 0.717) is 0 Å². The Kier molecular flexibility index (Phi) is 4.20. The first kappa shape index (κ1) is 12.1. The Morgan fingerprint density at radius 1 is 1.53 bits per heavy atom. The van der Waals surface area contributed by atoms with Gasteiger partial charge in [-0.15, -0.1) is 0 Å². The van der Waals surface area contributed by atoms with Gasteiger partial charge in [-0.05, 0) is 18.1 Å². The van der Waals surface area contributed by atoms with Crippen LogP contribution in [0.5, 0.6) is 0 Å². The highest BCUT2D eigenvalue weighted by Gasteiger charge is 2.17. The van der Waals surface area contributed by atoms with Crippen LogP contribution in [0.4, 0.5) is 8.78 Å². The molecular weight excluding hydrogens is 270 g/mol. The Balaban J connectivity index is 2.76. The zero-order valence-electron chi connectivity index (χ0n) is 7.97. The molecule has 0 saturated carbocycles. The van der Waals surface area contributed by atoms with Crippen LogP contribution in [0, 0.1) is 11.6 Å². The molecule has 1 atom stereocenters. The SMILES string of the molecule is COC(=O)C(Br)Cc1ccc(F)cc1F. The zero-order valence-corrected chi connectivity index (χ0v) is 9.55. The lowest BCUT2D eigenvalue weighted by molar-refractivity contribution is -0.139. The van der Waals surface area contributed by atoms with Crippen LogP contribution in [-0.2, 0) is 16.0 Å². The van der Waals surface area contributed by atoms with Crippen molar-refractivity contribution in [2.45, 2.75) is 11.2 Å². The summed E-state index contributed by atoms with van der Waals surface area (Å²) in [7, 11) is 1.25. The van der Waals surface area contributed by atoms with E-state index in [0.717, 1.165) is 12.1 Å². The summed E-state index contributed by atoms with van der Waals surface area (Å²) in [6.45, 7) is 0. The normalized spacial score (nSPS) is 12.3. The Bertz CT molecular complexity index is 368. The monoisotopic (exact) mass is 278 g/mol. The second-order valence-corrected chi connectivity index (χ2v) is 4.04. The predicted octanol–water partition coefficient (Wildman–Crippen LogP) is 2.44. The fourth-order valence-corrected chi connectivity index (χ4v) is 1.63. The van der Waals surface area contributed by atoms with Crippen molar-refractivity contribution in [3.05, 3.63) is 35.4 Å². The number of esters is 1. The first-order valence-electron chi connectivity index (χ1n) is 4.20. The first-order chi connectivity index (χ1) is 7.04. The first-order valence-corrected chi connectivity index (χ1v) is 5.12. The van der Waals surface area contributed by atoms with Crippen molar-refractivity contribution in [3.8, 4) is 0 Å². The topological polar surface area (TPSA) is 26.3 Å².